The molecule has 0 bridgehead atoms. The van der Waals surface area contributed by atoms with Gasteiger partial charge in [-0.25, -0.2) is 9.59 Å². The maximum Gasteiger partial charge on any atom is 0.344 e. The quantitative estimate of drug-likeness (QED) is 0.332. The van der Waals surface area contributed by atoms with E-state index in [4.69, 9.17) is 13.9 Å². The molecule has 0 saturated carbocycles. The zero-order valence-corrected chi connectivity index (χ0v) is 17.4. The number of esters is 1. The summed E-state index contributed by atoms with van der Waals surface area (Å²) < 4.78 is 16.1. The van der Waals surface area contributed by atoms with Crippen LogP contribution in [0.3, 0.4) is 0 Å². The smallest absolute Gasteiger partial charge is 0.344 e. The zero-order valence-electron chi connectivity index (χ0n) is 17.4. The van der Waals surface area contributed by atoms with Gasteiger partial charge in [-0.05, 0) is 50.6 Å². The lowest BCUT2D eigenvalue weighted by molar-refractivity contribution is -0.146. The first-order valence-electron chi connectivity index (χ1n) is 10.1. The van der Waals surface area contributed by atoms with Crippen LogP contribution in [-0.4, -0.2) is 43.7 Å². The largest absolute Gasteiger partial charge is 0.482 e. The molecule has 0 fully saturated rings. The number of hydrogen-bond acceptors (Lipinski definition) is 6. The van der Waals surface area contributed by atoms with Crippen molar-refractivity contribution in [1.29, 1.82) is 0 Å². The normalized spacial score (nSPS) is 11.2. The molecule has 28 heavy (non-hydrogen) atoms. The third-order valence-electron chi connectivity index (χ3n) is 4.95. The number of ether oxygens (including phenoxy) is 2. The number of carbonyl (C=O) groups is 1. The maximum absolute atomic E-state index is 12.5. The molecule has 154 valence electrons. The van der Waals surface area contributed by atoms with Crippen molar-refractivity contribution in [3.63, 3.8) is 0 Å². The number of unbranched alkanes of at least 4 members (excludes halogenated alkanes) is 1. The molecule has 0 aliphatic heterocycles. The van der Waals surface area contributed by atoms with Crippen LogP contribution in [0.15, 0.2) is 27.4 Å². The van der Waals surface area contributed by atoms with E-state index in [-0.39, 0.29) is 12.2 Å². The number of hydrogen-bond donors (Lipinski definition) is 0. The Hall–Kier alpha value is -2.34. The Morgan fingerprint density at radius 1 is 1.18 bits per heavy atom. The third kappa shape index (κ3) is 5.83. The van der Waals surface area contributed by atoms with E-state index in [1.165, 1.54) is 0 Å². The van der Waals surface area contributed by atoms with E-state index in [1.54, 1.807) is 12.1 Å². The highest BCUT2D eigenvalue weighted by atomic mass is 16.6. The van der Waals surface area contributed by atoms with Gasteiger partial charge in [0.15, 0.2) is 6.61 Å². The van der Waals surface area contributed by atoms with Crippen molar-refractivity contribution < 1.29 is 18.7 Å². The summed E-state index contributed by atoms with van der Waals surface area (Å²) in [6.07, 6.45) is 2.46. The first-order valence-corrected chi connectivity index (χ1v) is 10.1. The van der Waals surface area contributed by atoms with Gasteiger partial charge in [0.2, 0.25) is 0 Å². The van der Waals surface area contributed by atoms with Gasteiger partial charge in [-0.3, -0.25) is 0 Å². The highest BCUT2D eigenvalue weighted by Gasteiger charge is 2.13. The summed E-state index contributed by atoms with van der Waals surface area (Å²) in [6, 6.07) is 5.30. The summed E-state index contributed by atoms with van der Waals surface area (Å²) in [6.45, 7) is 11.2. The minimum Gasteiger partial charge on any atom is -0.482 e. The fourth-order valence-corrected chi connectivity index (χ4v) is 3.08. The Kier molecular flexibility index (Phi) is 8.51. The van der Waals surface area contributed by atoms with Gasteiger partial charge in [-0.2, -0.15) is 0 Å². The summed E-state index contributed by atoms with van der Waals surface area (Å²) in [5.74, 6) is 0.0660. The van der Waals surface area contributed by atoms with Crippen LogP contribution in [-0.2, 0) is 16.0 Å². The summed E-state index contributed by atoms with van der Waals surface area (Å²) >= 11 is 0. The maximum atomic E-state index is 12.5. The van der Waals surface area contributed by atoms with Gasteiger partial charge in [0.1, 0.15) is 11.3 Å². The lowest BCUT2D eigenvalue weighted by Gasteiger charge is -2.18. The van der Waals surface area contributed by atoms with Crippen LogP contribution in [0.2, 0.25) is 0 Å². The lowest BCUT2D eigenvalue weighted by Crippen LogP contribution is -2.27. The average molecular weight is 389 g/mol. The van der Waals surface area contributed by atoms with Crippen molar-refractivity contribution in [2.45, 2.75) is 47.0 Å². The molecular formula is C22H31NO5. The summed E-state index contributed by atoms with van der Waals surface area (Å²) in [4.78, 5) is 26.4. The van der Waals surface area contributed by atoms with Gasteiger partial charge in [0.25, 0.3) is 0 Å². The standard InChI is InChI=1S/C22H31NO5/c1-5-8-13-26-21(24)15-27-17-9-10-18-16(4)19(11-12-23(6-2)7-3)22(25)28-20(18)14-17/h9-10,14H,5-8,11-13,15H2,1-4H3. The van der Waals surface area contributed by atoms with Crippen LogP contribution in [0.1, 0.15) is 44.7 Å². The van der Waals surface area contributed by atoms with E-state index in [9.17, 15) is 9.59 Å². The molecule has 1 heterocycles. The number of nitrogens with zero attached hydrogens (tertiary/aromatic N) is 1. The molecule has 0 amide bonds. The molecule has 0 aliphatic rings. The second kappa shape index (κ2) is 10.9. The topological polar surface area (TPSA) is 69.0 Å². The zero-order chi connectivity index (χ0) is 20.5. The van der Waals surface area contributed by atoms with Crippen molar-refractivity contribution in [3.05, 3.63) is 39.7 Å². The molecule has 6 nitrogen and oxygen atoms in total. The van der Waals surface area contributed by atoms with Crippen molar-refractivity contribution in [3.8, 4) is 5.75 Å². The number of likely N-dealkylation sites (N-methyl/N-ethyl adjacent to an activating group) is 1. The number of fused-ring (bicyclic) bond motifs is 1. The number of aryl methyl sites for hydroxylation is 1. The van der Waals surface area contributed by atoms with Gasteiger partial charge in [-0.1, -0.05) is 27.2 Å². The van der Waals surface area contributed by atoms with Crippen LogP contribution < -0.4 is 10.4 Å². The van der Waals surface area contributed by atoms with Gasteiger partial charge >= 0.3 is 11.6 Å². The number of benzene rings is 1. The summed E-state index contributed by atoms with van der Waals surface area (Å²) in [5, 5.41) is 0.881. The van der Waals surface area contributed by atoms with Gasteiger partial charge < -0.3 is 18.8 Å². The molecule has 0 saturated heterocycles. The molecule has 1 aromatic carbocycles. The molecule has 6 heteroatoms. The van der Waals surface area contributed by atoms with Crippen LogP contribution in [0.4, 0.5) is 0 Å². The Balaban J connectivity index is 2.11. The van der Waals surface area contributed by atoms with Crippen LogP contribution >= 0.6 is 0 Å². The average Bonchev–Trinajstić information content (AvgIpc) is 2.69. The van der Waals surface area contributed by atoms with Crippen LogP contribution in [0, 0.1) is 6.92 Å². The molecule has 1 aromatic heterocycles. The van der Waals surface area contributed by atoms with E-state index in [0.717, 1.165) is 43.4 Å². The van der Waals surface area contributed by atoms with Crippen LogP contribution in [0.25, 0.3) is 11.0 Å². The fraction of sp³-hybridized carbons (Fsp3) is 0.545. The minimum atomic E-state index is -0.405. The first-order chi connectivity index (χ1) is 13.5. The van der Waals surface area contributed by atoms with Crippen molar-refractivity contribution in [1.82, 2.24) is 4.90 Å². The lowest BCUT2D eigenvalue weighted by atomic mass is 10.0. The molecule has 0 aliphatic carbocycles. The van der Waals surface area contributed by atoms with Crippen LogP contribution in [0.5, 0.6) is 5.75 Å². The van der Waals surface area contributed by atoms with Gasteiger partial charge in [0, 0.05) is 23.6 Å². The van der Waals surface area contributed by atoms with E-state index < -0.39 is 5.97 Å². The molecule has 2 aromatic rings. The Morgan fingerprint density at radius 3 is 2.61 bits per heavy atom. The Labute approximate surface area is 166 Å². The van der Waals surface area contributed by atoms with E-state index in [1.807, 2.05) is 19.9 Å². The number of rotatable bonds is 11. The molecule has 0 radical (unpaired) electrons. The van der Waals surface area contributed by atoms with E-state index >= 15 is 0 Å². The first kappa shape index (κ1) is 22.0. The van der Waals surface area contributed by atoms with E-state index in [0.29, 0.717) is 29.9 Å². The SMILES string of the molecule is CCCCOC(=O)COc1ccc2c(C)c(CCN(CC)CC)c(=O)oc2c1. The van der Waals surface area contributed by atoms with E-state index in [2.05, 4.69) is 18.7 Å². The molecule has 0 unspecified atom stereocenters. The third-order valence-corrected chi connectivity index (χ3v) is 4.95. The summed E-state index contributed by atoms with van der Waals surface area (Å²) in [7, 11) is 0. The molecule has 0 N–H and O–H groups in total. The number of carbonyl (C=O) groups excluding carboxylic acids is 1. The molecule has 2 rings (SSSR count). The second-order valence-electron chi connectivity index (χ2n) is 6.79. The molecule has 0 spiro atoms. The highest BCUT2D eigenvalue weighted by Crippen LogP contribution is 2.24. The second-order valence-corrected chi connectivity index (χ2v) is 6.79. The summed E-state index contributed by atoms with van der Waals surface area (Å²) in [5.41, 5.74) is 1.80. The fourth-order valence-electron chi connectivity index (χ4n) is 3.08. The minimum absolute atomic E-state index is 0.166. The predicted octanol–water partition coefficient (Wildman–Crippen LogP) is 3.71. The van der Waals surface area contributed by atoms with Gasteiger partial charge in [0.05, 0.1) is 6.61 Å². The highest BCUT2D eigenvalue weighted by molar-refractivity contribution is 5.82. The van der Waals surface area contributed by atoms with Gasteiger partial charge in [-0.15, -0.1) is 0 Å². The molecule has 0 atom stereocenters. The predicted molar refractivity (Wildman–Crippen MR) is 110 cm³/mol. The Morgan fingerprint density at radius 2 is 1.93 bits per heavy atom. The van der Waals surface area contributed by atoms with Crippen molar-refractivity contribution >= 4 is 16.9 Å². The molecular weight excluding hydrogens is 358 g/mol. The van der Waals surface area contributed by atoms with Crippen molar-refractivity contribution in [2.24, 2.45) is 0 Å². The van der Waals surface area contributed by atoms with Crippen molar-refractivity contribution in [2.75, 3.05) is 32.8 Å². The Bertz CT molecular complexity index is 839. The monoisotopic (exact) mass is 389 g/mol.